The number of hydrogen-bond acceptors (Lipinski definition) is 7. The standard InChI is InChI=1S/C25H26BrN5O4S/c1-17-4-2-10-31-23(17)28-24-20(25(31)32)16-21(36(33,34)19-7-5-18(26)6-8-19)22(27)30(24)11-3-9-29-12-14-35-15-13-29/h2,4-8,10,16,27H,3,9,11-15H2,1H3. The molecular weight excluding hydrogens is 546 g/mol. The van der Waals surface area contributed by atoms with Gasteiger partial charge in [0.2, 0.25) is 9.84 Å². The molecule has 0 spiro atoms. The molecule has 0 unspecified atom stereocenters. The maximum atomic E-state index is 13.6. The summed E-state index contributed by atoms with van der Waals surface area (Å²) >= 11 is 3.33. The summed E-state index contributed by atoms with van der Waals surface area (Å²) in [6.45, 7) is 6.03. The molecule has 1 fully saturated rings. The van der Waals surface area contributed by atoms with Crippen LogP contribution in [0.3, 0.4) is 0 Å². The third-order valence-electron chi connectivity index (χ3n) is 6.47. The first-order valence-electron chi connectivity index (χ1n) is 11.7. The molecule has 4 aromatic rings. The topological polar surface area (TPSA) is 110 Å². The molecule has 4 heterocycles. The first-order valence-corrected chi connectivity index (χ1v) is 14.0. The summed E-state index contributed by atoms with van der Waals surface area (Å²) in [6, 6.07) is 11.2. The van der Waals surface area contributed by atoms with E-state index < -0.39 is 9.84 Å². The number of ether oxygens (including phenoxy) is 1. The molecule has 0 aliphatic carbocycles. The molecule has 0 atom stereocenters. The van der Waals surface area contributed by atoms with Crippen LogP contribution in [0.1, 0.15) is 12.0 Å². The predicted molar refractivity (Wildman–Crippen MR) is 139 cm³/mol. The van der Waals surface area contributed by atoms with Crippen LogP contribution in [0.25, 0.3) is 16.7 Å². The van der Waals surface area contributed by atoms with E-state index in [1.54, 1.807) is 29.0 Å². The van der Waals surface area contributed by atoms with Crippen LogP contribution in [0.2, 0.25) is 0 Å². The molecule has 1 aromatic carbocycles. The number of rotatable bonds is 6. The van der Waals surface area contributed by atoms with Crippen molar-refractivity contribution in [1.82, 2.24) is 18.9 Å². The van der Waals surface area contributed by atoms with E-state index in [2.05, 4.69) is 20.8 Å². The Labute approximate surface area is 216 Å². The molecule has 0 saturated carbocycles. The van der Waals surface area contributed by atoms with Gasteiger partial charge in [-0.2, -0.15) is 0 Å². The molecule has 0 amide bonds. The van der Waals surface area contributed by atoms with E-state index in [4.69, 9.17) is 15.1 Å². The zero-order valence-corrected chi connectivity index (χ0v) is 22.2. The van der Waals surface area contributed by atoms with Gasteiger partial charge in [-0.3, -0.25) is 19.5 Å². The van der Waals surface area contributed by atoms with Crippen LogP contribution in [0.4, 0.5) is 0 Å². The minimum atomic E-state index is -4.06. The zero-order valence-electron chi connectivity index (χ0n) is 19.8. The normalized spacial score (nSPS) is 15.1. The fourth-order valence-electron chi connectivity index (χ4n) is 4.51. The molecule has 1 saturated heterocycles. The fraction of sp³-hybridized carbons (Fsp3) is 0.320. The second-order valence-electron chi connectivity index (χ2n) is 8.81. The van der Waals surface area contributed by atoms with Crippen molar-refractivity contribution in [1.29, 1.82) is 5.41 Å². The first kappa shape index (κ1) is 24.8. The number of halogens is 1. The summed E-state index contributed by atoms with van der Waals surface area (Å²) in [7, 11) is -4.06. The predicted octanol–water partition coefficient (Wildman–Crippen LogP) is 2.75. The highest BCUT2D eigenvalue weighted by Crippen LogP contribution is 2.23. The maximum Gasteiger partial charge on any atom is 0.267 e. The molecule has 1 aliphatic heterocycles. The second kappa shape index (κ2) is 9.89. The lowest BCUT2D eigenvalue weighted by Gasteiger charge is -2.26. The first-order chi connectivity index (χ1) is 17.3. The Bertz CT molecular complexity index is 1670. The summed E-state index contributed by atoms with van der Waals surface area (Å²) in [5.41, 5.74) is 1.07. The van der Waals surface area contributed by atoms with E-state index in [9.17, 15) is 13.2 Å². The Morgan fingerprint density at radius 1 is 1.08 bits per heavy atom. The van der Waals surface area contributed by atoms with Gasteiger partial charge in [0.25, 0.3) is 5.56 Å². The Kier molecular flexibility index (Phi) is 6.82. The third kappa shape index (κ3) is 4.52. The van der Waals surface area contributed by atoms with Crippen molar-refractivity contribution >= 4 is 42.4 Å². The number of morpholine rings is 1. The molecule has 9 nitrogen and oxygen atoms in total. The number of sulfone groups is 1. The summed E-state index contributed by atoms with van der Waals surface area (Å²) in [5.74, 6) is 0. The number of aromatic nitrogens is 3. The average Bonchev–Trinajstić information content (AvgIpc) is 2.87. The van der Waals surface area contributed by atoms with E-state index in [-0.39, 0.29) is 26.2 Å². The molecule has 1 aliphatic rings. The average molecular weight is 572 g/mol. The number of pyridine rings is 2. The minimum absolute atomic E-state index is 0.0584. The van der Waals surface area contributed by atoms with Crippen molar-refractivity contribution in [2.45, 2.75) is 29.7 Å². The molecular formula is C25H26BrN5O4S. The number of hydrogen-bond donors (Lipinski definition) is 1. The van der Waals surface area contributed by atoms with Gasteiger partial charge in [0.15, 0.2) is 0 Å². The van der Waals surface area contributed by atoms with Crippen LogP contribution in [0, 0.1) is 12.3 Å². The van der Waals surface area contributed by atoms with Gasteiger partial charge >= 0.3 is 0 Å². The van der Waals surface area contributed by atoms with Gasteiger partial charge in [-0.15, -0.1) is 0 Å². The molecule has 0 bridgehead atoms. The molecule has 1 N–H and O–H groups in total. The van der Waals surface area contributed by atoms with Crippen LogP contribution >= 0.6 is 15.9 Å². The Hall–Kier alpha value is -2.86. The van der Waals surface area contributed by atoms with Crippen molar-refractivity contribution in [2.24, 2.45) is 0 Å². The van der Waals surface area contributed by atoms with Gasteiger partial charge < -0.3 is 9.30 Å². The van der Waals surface area contributed by atoms with Crippen LogP contribution in [0.15, 0.2) is 67.7 Å². The lowest BCUT2D eigenvalue weighted by Crippen LogP contribution is -2.37. The van der Waals surface area contributed by atoms with E-state index in [1.807, 2.05) is 13.0 Å². The fourth-order valence-corrected chi connectivity index (χ4v) is 6.16. The number of nitrogens with zero attached hydrogens (tertiary/aromatic N) is 4. The quantitative estimate of drug-likeness (QED) is 0.356. The smallest absolute Gasteiger partial charge is 0.267 e. The highest BCUT2D eigenvalue weighted by atomic mass is 79.9. The summed E-state index contributed by atoms with van der Waals surface area (Å²) in [4.78, 5) is 20.4. The summed E-state index contributed by atoms with van der Waals surface area (Å²) < 4.78 is 36.4. The SMILES string of the molecule is Cc1cccn2c(=O)c3cc(S(=O)(=O)c4ccc(Br)cc4)c(=N)n(CCCN4CCOCC4)c3nc12. The number of fused-ring (bicyclic) bond motifs is 2. The number of aryl methyl sites for hydroxylation is 2. The van der Waals surface area contributed by atoms with E-state index in [0.29, 0.717) is 37.5 Å². The van der Waals surface area contributed by atoms with E-state index in [0.717, 1.165) is 29.7 Å². The highest BCUT2D eigenvalue weighted by molar-refractivity contribution is 9.10. The minimum Gasteiger partial charge on any atom is -0.379 e. The Balaban J connectivity index is 1.70. The van der Waals surface area contributed by atoms with Gasteiger partial charge in [0.1, 0.15) is 21.7 Å². The Morgan fingerprint density at radius 2 is 1.81 bits per heavy atom. The van der Waals surface area contributed by atoms with Gasteiger partial charge in [-0.05, 0) is 55.3 Å². The Morgan fingerprint density at radius 3 is 2.53 bits per heavy atom. The third-order valence-corrected chi connectivity index (χ3v) is 8.78. The lowest BCUT2D eigenvalue weighted by atomic mass is 10.2. The van der Waals surface area contributed by atoms with Crippen molar-refractivity contribution in [3.63, 3.8) is 0 Å². The maximum absolute atomic E-state index is 13.6. The van der Waals surface area contributed by atoms with Crippen molar-refractivity contribution in [3.05, 3.63) is 74.5 Å². The number of nitrogens with one attached hydrogen (secondary N) is 1. The van der Waals surface area contributed by atoms with Gasteiger partial charge in [-0.25, -0.2) is 13.4 Å². The van der Waals surface area contributed by atoms with Gasteiger partial charge in [0.05, 0.1) is 23.5 Å². The van der Waals surface area contributed by atoms with E-state index >= 15 is 0 Å². The van der Waals surface area contributed by atoms with Crippen LogP contribution in [0.5, 0.6) is 0 Å². The summed E-state index contributed by atoms with van der Waals surface area (Å²) in [5, 5.41) is 9.09. The van der Waals surface area contributed by atoms with Crippen LogP contribution in [-0.2, 0) is 21.1 Å². The van der Waals surface area contributed by atoms with Crippen molar-refractivity contribution < 1.29 is 13.2 Å². The molecule has 0 radical (unpaired) electrons. The largest absolute Gasteiger partial charge is 0.379 e. The van der Waals surface area contributed by atoms with Crippen molar-refractivity contribution in [2.75, 3.05) is 32.8 Å². The van der Waals surface area contributed by atoms with Crippen LogP contribution < -0.4 is 11.0 Å². The van der Waals surface area contributed by atoms with Crippen molar-refractivity contribution in [3.8, 4) is 0 Å². The lowest BCUT2D eigenvalue weighted by molar-refractivity contribution is 0.0369. The van der Waals surface area contributed by atoms with Gasteiger partial charge in [-0.1, -0.05) is 22.0 Å². The molecule has 11 heteroatoms. The number of benzene rings is 1. The van der Waals surface area contributed by atoms with E-state index in [1.165, 1.54) is 22.6 Å². The zero-order chi connectivity index (χ0) is 25.4. The molecule has 188 valence electrons. The van der Waals surface area contributed by atoms with Gasteiger partial charge in [0, 0.05) is 36.8 Å². The molecule has 3 aromatic heterocycles. The molecule has 36 heavy (non-hydrogen) atoms. The van der Waals surface area contributed by atoms with Crippen LogP contribution in [-0.4, -0.2) is 60.1 Å². The summed E-state index contributed by atoms with van der Waals surface area (Å²) in [6.07, 6.45) is 2.29. The second-order valence-corrected chi connectivity index (χ2v) is 11.6. The highest BCUT2D eigenvalue weighted by Gasteiger charge is 2.24. The molecule has 5 rings (SSSR count). The monoisotopic (exact) mass is 571 g/mol.